The van der Waals surface area contributed by atoms with Crippen LogP contribution in [0.2, 0.25) is 0 Å². The largest absolute Gasteiger partial charge is 0.352 e. The molecule has 0 aliphatic carbocycles. The Bertz CT molecular complexity index is 1000. The predicted molar refractivity (Wildman–Crippen MR) is 111 cm³/mol. The van der Waals surface area contributed by atoms with E-state index in [-0.39, 0.29) is 11.6 Å². The van der Waals surface area contributed by atoms with Crippen LogP contribution in [0, 0.1) is 19.7 Å². The summed E-state index contributed by atoms with van der Waals surface area (Å²) in [5, 5.41) is 2.79. The first-order chi connectivity index (χ1) is 13.1. The number of benzene rings is 2. The summed E-state index contributed by atoms with van der Waals surface area (Å²) in [6.07, 6.45) is 4.74. The van der Waals surface area contributed by atoms with Gasteiger partial charge in [0, 0.05) is 6.54 Å². The third kappa shape index (κ3) is 6.20. The fourth-order valence-electron chi connectivity index (χ4n) is 2.61. The minimum atomic E-state index is -3.57. The molecular weight excluding hydrogens is 379 g/mol. The van der Waals surface area contributed by atoms with Crippen molar-refractivity contribution >= 4 is 27.7 Å². The van der Waals surface area contributed by atoms with Gasteiger partial charge in [-0.3, -0.25) is 9.52 Å². The summed E-state index contributed by atoms with van der Waals surface area (Å²) in [6, 6.07) is 10.2. The molecule has 1 atom stereocenters. The Morgan fingerprint density at radius 2 is 1.86 bits per heavy atom. The molecule has 0 saturated carbocycles. The van der Waals surface area contributed by atoms with Gasteiger partial charge in [-0.15, -0.1) is 0 Å². The molecule has 2 rings (SSSR count). The van der Waals surface area contributed by atoms with E-state index < -0.39 is 21.8 Å². The molecule has 0 bridgehead atoms. The average Bonchev–Trinajstić information content (AvgIpc) is 2.61. The lowest BCUT2D eigenvalue weighted by Crippen LogP contribution is -2.28. The van der Waals surface area contributed by atoms with Gasteiger partial charge in [0.15, 0.2) is 0 Å². The van der Waals surface area contributed by atoms with Gasteiger partial charge in [-0.2, -0.15) is 0 Å². The normalized spacial score (nSPS) is 12.8. The van der Waals surface area contributed by atoms with Crippen molar-refractivity contribution in [3.8, 4) is 0 Å². The van der Waals surface area contributed by atoms with Crippen molar-refractivity contribution in [1.82, 2.24) is 5.32 Å². The van der Waals surface area contributed by atoms with E-state index in [1.165, 1.54) is 29.3 Å². The van der Waals surface area contributed by atoms with Crippen LogP contribution in [0.1, 0.15) is 35.1 Å². The number of sulfonamides is 1. The molecule has 0 fully saturated rings. The monoisotopic (exact) mass is 404 g/mol. The number of halogens is 1. The van der Waals surface area contributed by atoms with Crippen LogP contribution < -0.4 is 10.0 Å². The predicted octanol–water partition coefficient (Wildman–Crippen LogP) is 3.75. The molecule has 0 aromatic heterocycles. The molecule has 28 heavy (non-hydrogen) atoms. The number of carbonyl (C=O) groups is 1. The summed E-state index contributed by atoms with van der Waals surface area (Å²) in [6.45, 7) is 6.12. The molecule has 0 saturated heterocycles. The third-order valence-corrected chi connectivity index (χ3v) is 5.01. The third-order valence-electron chi connectivity index (χ3n) is 4.42. The van der Waals surface area contributed by atoms with E-state index in [0.717, 1.165) is 11.8 Å². The van der Waals surface area contributed by atoms with E-state index in [4.69, 9.17) is 0 Å². The Hall–Kier alpha value is -2.67. The van der Waals surface area contributed by atoms with E-state index in [2.05, 4.69) is 23.0 Å². The zero-order valence-corrected chi connectivity index (χ0v) is 17.2. The van der Waals surface area contributed by atoms with E-state index >= 15 is 0 Å². The second-order valence-electron chi connectivity index (χ2n) is 6.83. The van der Waals surface area contributed by atoms with Crippen molar-refractivity contribution in [3.63, 3.8) is 0 Å². The molecule has 1 unspecified atom stereocenters. The van der Waals surface area contributed by atoms with Crippen LogP contribution >= 0.6 is 0 Å². The van der Waals surface area contributed by atoms with Gasteiger partial charge in [0.2, 0.25) is 15.9 Å². The number of anilines is 1. The summed E-state index contributed by atoms with van der Waals surface area (Å²) in [7, 11) is -3.57. The topological polar surface area (TPSA) is 75.3 Å². The first-order valence-electron chi connectivity index (χ1n) is 8.85. The SMILES string of the molecule is Cc1ccc(C=CCNC(=O)C(C)c2ccc(NS(C)(=O)=O)c(F)c2)cc1C. The van der Waals surface area contributed by atoms with E-state index in [0.29, 0.717) is 12.1 Å². The molecule has 0 spiro atoms. The van der Waals surface area contributed by atoms with Crippen LogP contribution in [0.4, 0.5) is 10.1 Å². The maximum absolute atomic E-state index is 14.1. The highest BCUT2D eigenvalue weighted by Gasteiger charge is 2.17. The van der Waals surface area contributed by atoms with E-state index in [9.17, 15) is 17.6 Å². The number of hydrogen-bond acceptors (Lipinski definition) is 3. The van der Waals surface area contributed by atoms with Gasteiger partial charge >= 0.3 is 0 Å². The molecule has 2 aromatic carbocycles. The number of rotatable bonds is 7. The molecule has 150 valence electrons. The summed E-state index contributed by atoms with van der Waals surface area (Å²) in [5.41, 5.74) is 3.81. The summed E-state index contributed by atoms with van der Waals surface area (Å²) in [4.78, 5) is 12.3. The number of amides is 1. The molecule has 0 heterocycles. The Balaban J connectivity index is 1.95. The highest BCUT2D eigenvalue weighted by Crippen LogP contribution is 2.22. The van der Waals surface area contributed by atoms with Crippen LogP contribution in [0.15, 0.2) is 42.5 Å². The Labute approximate surface area is 165 Å². The Kier molecular flexibility index (Phi) is 6.96. The molecule has 0 radical (unpaired) electrons. The summed E-state index contributed by atoms with van der Waals surface area (Å²) >= 11 is 0. The fraction of sp³-hybridized carbons (Fsp3) is 0.286. The molecule has 0 aliphatic heterocycles. The quantitative estimate of drug-likeness (QED) is 0.738. The zero-order chi connectivity index (χ0) is 20.9. The van der Waals surface area contributed by atoms with Crippen LogP contribution in [0.3, 0.4) is 0 Å². The fourth-order valence-corrected chi connectivity index (χ4v) is 3.18. The standard InChI is InChI=1S/C21H25FN2O3S/c1-14-7-8-17(12-15(14)2)6-5-11-23-21(25)16(3)18-9-10-20(19(22)13-18)24-28(4,26)27/h5-10,12-13,16,24H,11H2,1-4H3,(H,23,25). The van der Waals surface area contributed by atoms with Crippen molar-refractivity contribution < 1.29 is 17.6 Å². The zero-order valence-electron chi connectivity index (χ0n) is 16.4. The van der Waals surface area contributed by atoms with E-state index in [1.54, 1.807) is 6.92 Å². The van der Waals surface area contributed by atoms with Gasteiger partial charge in [-0.1, -0.05) is 36.4 Å². The second-order valence-corrected chi connectivity index (χ2v) is 8.57. The van der Waals surface area contributed by atoms with Crippen molar-refractivity contribution in [2.45, 2.75) is 26.7 Å². The average molecular weight is 405 g/mol. The van der Waals surface area contributed by atoms with Crippen molar-refractivity contribution in [3.05, 3.63) is 70.5 Å². The smallest absolute Gasteiger partial charge is 0.229 e. The summed E-state index contributed by atoms with van der Waals surface area (Å²) < 4.78 is 38.6. The van der Waals surface area contributed by atoms with Crippen LogP contribution in [-0.2, 0) is 14.8 Å². The summed E-state index contributed by atoms with van der Waals surface area (Å²) in [5.74, 6) is -1.54. The molecule has 2 aromatic rings. The van der Waals surface area contributed by atoms with Gasteiger partial charge in [0.05, 0.1) is 17.9 Å². The van der Waals surface area contributed by atoms with Gasteiger partial charge in [0.25, 0.3) is 0 Å². The lowest BCUT2D eigenvalue weighted by atomic mass is 10.00. The Morgan fingerprint density at radius 1 is 1.14 bits per heavy atom. The van der Waals surface area contributed by atoms with Crippen molar-refractivity contribution in [2.75, 3.05) is 17.5 Å². The van der Waals surface area contributed by atoms with Gasteiger partial charge in [-0.25, -0.2) is 12.8 Å². The molecule has 2 N–H and O–H groups in total. The minimum Gasteiger partial charge on any atom is -0.352 e. The first-order valence-corrected chi connectivity index (χ1v) is 10.7. The maximum atomic E-state index is 14.1. The molecule has 7 heteroatoms. The van der Waals surface area contributed by atoms with Crippen molar-refractivity contribution in [1.29, 1.82) is 0 Å². The maximum Gasteiger partial charge on any atom is 0.229 e. The Morgan fingerprint density at radius 3 is 2.46 bits per heavy atom. The van der Waals surface area contributed by atoms with Gasteiger partial charge < -0.3 is 5.32 Å². The minimum absolute atomic E-state index is 0.143. The number of aryl methyl sites for hydroxylation is 2. The molecule has 1 amide bonds. The van der Waals surface area contributed by atoms with E-state index in [1.807, 2.05) is 31.2 Å². The van der Waals surface area contributed by atoms with Crippen LogP contribution in [-0.4, -0.2) is 27.1 Å². The molecular formula is C21H25FN2O3S. The van der Waals surface area contributed by atoms with Gasteiger partial charge in [-0.05, 0) is 55.2 Å². The highest BCUT2D eigenvalue weighted by molar-refractivity contribution is 7.92. The molecule has 0 aliphatic rings. The first kappa shape index (κ1) is 21.6. The van der Waals surface area contributed by atoms with Crippen LogP contribution in [0.5, 0.6) is 0 Å². The number of nitrogens with one attached hydrogen (secondary N) is 2. The lowest BCUT2D eigenvalue weighted by molar-refractivity contribution is -0.122. The number of hydrogen-bond donors (Lipinski definition) is 2. The van der Waals surface area contributed by atoms with Gasteiger partial charge in [0.1, 0.15) is 5.82 Å². The second kappa shape index (κ2) is 9.01. The molecule has 5 nitrogen and oxygen atoms in total. The van der Waals surface area contributed by atoms with Crippen LogP contribution in [0.25, 0.3) is 6.08 Å². The lowest BCUT2D eigenvalue weighted by Gasteiger charge is -2.13. The number of carbonyl (C=O) groups excluding carboxylic acids is 1. The van der Waals surface area contributed by atoms with Crippen molar-refractivity contribution in [2.24, 2.45) is 0 Å². The highest BCUT2D eigenvalue weighted by atomic mass is 32.2.